The van der Waals surface area contributed by atoms with Crippen LogP contribution in [0.15, 0.2) is 48.6 Å². The first kappa shape index (κ1) is 26.6. The molecule has 4 nitrogen and oxygen atoms in total. The number of carbonyl (C=O) groups is 1. The Balaban J connectivity index is 0. The third-order valence-electron chi connectivity index (χ3n) is 3.35. The Hall–Kier alpha value is -1.65. The van der Waals surface area contributed by atoms with E-state index in [2.05, 4.69) is 55.5 Å². The number of hydrogen-bond donors (Lipinski definition) is 3. The number of hydrogen-bond acceptors (Lipinski definition) is 3. The number of aliphatic hydroxyl groups is 1. The fourth-order valence-electron chi connectivity index (χ4n) is 1.93. The molecule has 0 atom stereocenters. The first-order valence-electron chi connectivity index (χ1n) is 9.81. The molecule has 0 saturated carbocycles. The van der Waals surface area contributed by atoms with Crippen LogP contribution in [0.4, 0.5) is 0 Å². The smallest absolute Gasteiger partial charge is 0.303 e. The van der Waals surface area contributed by atoms with Crippen molar-refractivity contribution in [1.29, 1.82) is 0 Å². The zero-order valence-electron chi connectivity index (χ0n) is 16.5. The van der Waals surface area contributed by atoms with E-state index < -0.39 is 5.97 Å². The van der Waals surface area contributed by atoms with E-state index in [9.17, 15) is 4.79 Å². The highest BCUT2D eigenvalue weighted by atomic mass is 16.6. The van der Waals surface area contributed by atoms with Crippen LogP contribution in [0, 0.1) is 0 Å². The third kappa shape index (κ3) is 30.3. The molecular weight excluding hydrogens is 328 g/mol. The second-order valence-corrected chi connectivity index (χ2v) is 5.89. The van der Waals surface area contributed by atoms with Crippen molar-refractivity contribution in [2.45, 2.75) is 71.1 Å². The van der Waals surface area contributed by atoms with Gasteiger partial charge in [0, 0.05) is 13.0 Å². The minimum Gasteiger partial charge on any atom is -0.481 e. The lowest BCUT2D eigenvalue weighted by Gasteiger charge is -1.90. The van der Waals surface area contributed by atoms with E-state index in [1.165, 1.54) is 25.7 Å². The van der Waals surface area contributed by atoms with E-state index in [1.54, 1.807) is 0 Å². The van der Waals surface area contributed by atoms with Gasteiger partial charge in [0.2, 0.25) is 0 Å². The topological polar surface area (TPSA) is 83.5 Å². The van der Waals surface area contributed by atoms with Gasteiger partial charge in [0.05, 0.1) is 6.61 Å². The van der Waals surface area contributed by atoms with Gasteiger partial charge < -0.3 is 15.9 Å². The summed E-state index contributed by atoms with van der Waals surface area (Å²) < 4.78 is 0. The van der Waals surface area contributed by atoms with Gasteiger partial charge in [-0.25, -0.2) is 0 Å². The lowest BCUT2D eigenvalue weighted by Crippen LogP contribution is -2.02. The van der Waals surface area contributed by atoms with Crippen molar-refractivity contribution in [3.05, 3.63) is 48.6 Å². The fraction of sp³-hybridized carbons (Fsp3) is 0.591. The quantitative estimate of drug-likeness (QED) is 0.276. The van der Waals surface area contributed by atoms with Crippen LogP contribution in [0.25, 0.3) is 0 Å². The van der Waals surface area contributed by atoms with E-state index in [0.29, 0.717) is 6.54 Å². The molecule has 0 bridgehead atoms. The summed E-state index contributed by atoms with van der Waals surface area (Å²) in [6.07, 6.45) is 27.3. The Morgan fingerprint density at radius 3 is 1.62 bits per heavy atom. The number of aliphatic hydroxyl groups excluding tert-OH is 1. The van der Waals surface area contributed by atoms with Gasteiger partial charge in [-0.3, -0.25) is 4.79 Å². The van der Waals surface area contributed by atoms with Crippen LogP contribution in [-0.4, -0.2) is 29.3 Å². The highest BCUT2D eigenvalue weighted by Gasteiger charge is 1.92. The molecule has 0 heterocycles. The van der Waals surface area contributed by atoms with Gasteiger partial charge in [0.25, 0.3) is 0 Å². The van der Waals surface area contributed by atoms with Gasteiger partial charge in [-0.1, -0.05) is 68.4 Å². The van der Waals surface area contributed by atoms with Gasteiger partial charge in [-0.2, -0.15) is 0 Å². The van der Waals surface area contributed by atoms with Crippen molar-refractivity contribution in [2.24, 2.45) is 5.73 Å². The van der Waals surface area contributed by atoms with E-state index >= 15 is 0 Å². The monoisotopic (exact) mass is 367 g/mol. The summed E-state index contributed by atoms with van der Waals surface area (Å²) in [4.78, 5) is 10.3. The van der Waals surface area contributed by atoms with Crippen molar-refractivity contribution in [1.82, 2.24) is 0 Å². The van der Waals surface area contributed by atoms with Crippen LogP contribution >= 0.6 is 0 Å². The summed E-state index contributed by atoms with van der Waals surface area (Å²) in [5.74, 6) is -0.712. The molecule has 4 heteroatoms. The first-order chi connectivity index (χ1) is 12.7. The molecular formula is C22H39NO3. The van der Waals surface area contributed by atoms with Crippen LogP contribution in [0.3, 0.4) is 0 Å². The largest absolute Gasteiger partial charge is 0.481 e. The first-order valence-corrected chi connectivity index (χ1v) is 9.81. The maximum absolute atomic E-state index is 10.3. The number of allylic oxidation sites excluding steroid dienone is 8. The normalized spacial score (nSPS) is 11.7. The van der Waals surface area contributed by atoms with Crippen LogP contribution in [0.5, 0.6) is 0 Å². The summed E-state index contributed by atoms with van der Waals surface area (Å²) in [6, 6.07) is 0. The highest BCUT2D eigenvalue weighted by Crippen LogP contribution is 2.01. The number of nitrogens with two attached hydrogens (primary N) is 1. The second-order valence-electron chi connectivity index (χ2n) is 5.89. The van der Waals surface area contributed by atoms with Crippen LogP contribution in [0.2, 0.25) is 0 Å². The molecule has 0 aromatic heterocycles. The summed E-state index contributed by atoms with van der Waals surface area (Å²) in [5, 5.41) is 16.2. The van der Waals surface area contributed by atoms with E-state index in [4.69, 9.17) is 15.9 Å². The summed E-state index contributed by atoms with van der Waals surface area (Å²) in [6.45, 7) is 2.70. The predicted octanol–water partition coefficient (Wildman–Crippen LogP) is 5.15. The summed E-state index contributed by atoms with van der Waals surface area (Å²) >= 11 is 0. The fourth-order valence-corrected chi connectivity index (χ4v) is 1.93. The average molecular weight is 368 g/mol. The molecule has 26 heavy (non-hydrogen) atoms. The number of aliphatic carboxylic acids is 1. The molecule has 0 amide bonds. The van der Waals surface area contributed by atoms with Crippen molar-refractivity contribution >= 4 is 5.97 Å². The minimum absolute atomic E-state index is 0.0972. The summed E-state index contributed by atoms with van der Waals surface area (Å²) in [7, 11) is 0. The van der Waals surface area contributed by atoms with Gasteiger partial charge in [-0.15, -0.1) is 0 Å². The van der Waals surface area contributed by atoms with E-state index in [1.807, 2.05) is 0 Å². The molecule has 0 rings (SSSR count). The maximum atomic E-state index is 10.3. The molecule has 0 aliphatic heterocycles. The number of rotatable bonds is 15. The molecule has 0 aliphatic carbocycles. The van der Waals surface area contributed by atoms with Gasteiger partial charge in [-0.05, 0) is 44.9 Å². The molecule has 0 fully saturated rings. The predicted molar refractivity (Wildman–Crippen MR) is 112 cm³/mol. The Kier molecular flexibility index (Phi) is 26.2. The second kappa shape index (κ2) is 25.6. The van der Waals surface area contributed by atoms with Crippen molar-refractivity contribution in [2.75, 3.05) is 13.2 Å². The van der Waals surface area contributed by atoms with Gasteiger partial charge in [0.1, 0.15) is 0 Å². The van der Waals surface area contributed by atoms with Crippen LogP contribution in [-0.2, 0) is 4.79 Å². The lowest BCUT2D eigenvalue weighted by molar-refractivity contribution is -0.137. The van der Waals surface area contributed by atoms with Crippen molar-refractivity contribution < 1.29 is 15.0 Å². The Morgan fingerprint density at radius 2 is 1.23 bits per heavy atom. The molecule has 0 aliphatic rings. The Bertz CT molecular complexity index is 396. The lowest BCUT2D eigenvalue weighted by atomic mass is 10.2. The Morgan fingerprint density at radius 1 is 0.808 bits per heavy atom. The minimum atomic E-state index is -0.712. The molecule has 0 unspecified atom stereocenters. The SMILES string of the molecule is CCCCC/C=C\C/C=C\C/C=C\C/C=C\CCC[14C](=O)O.NCCO. The van der Waals surface area contributed by atoms with Crippen LogP contribution < -0.4 is 5.73 Å². The molecule has 0 spiro atoms. The summed E-state index contributed by atoms with van der Waals surface area (Å²) in [5.41, 5.74) is 4.78. The maximum Gasteiger partial charge on any atom is 0.303 e. The van der Waals surface area contributed by atoms with Crippen LogP contribution in [0.1, 0.15) is 71.1 Å². The average Bonchev–Trinajstić information content (AvgIpc) is 2.64. The third-order valence-corrected chi connectivity index (χ3v) is 3.35. The molecule has 0 aromatic rings. The van der Waals surface area contributed by atoms with Gasteiger partial charge in [0.15, 0.2) is 0 Å². The molecule has 0 saturated heterocycles. The molecule has 4 N–H and O–H groups in total. The zero-order valence-corrected chi connectivity index (χ0v) is 16.5. The Labute approximate surface area is 160 Å². The molecule has 0 aromatic carbocycles. The van der Waals surface area contributed by atoms with E-state index in [0.717, 1.165) is 32.1 Å². The highest BCUT2D eigenvalue weighted by molar-refractivity contribution is 5.66. The zero-order chi connectivity index (χ0) is 19.7. The number of carboxylic acids is 1. The van der Waals surface area contributed by atoms with Gasteiger partial charge >= 0.3 is 5.97 Å². The molecule has 0 radical (unpaired) electrons. The van der Waals surface area contributed by atoms with E-state index in [-0.39, 0.29) is 13.0 Å². The van der Waals surface area contributed by atoms with Crippen molar-refractivity contribution in [3.63, 3.8) is 0 Å². The number of carboxylic acid groups (broad SMARTS) is 1. The number of unbranched alkanes of at least 4 members (excludes halogenated alkanes) is 4. The van der Waals surface area contributed by atoms with Crippen molar-refractivity contribution in [3.8, 4) is 0 Å². The standard InChI is InChI=1S/C20H32O2.C2H7NO/c1-2-3-4-5-6-7-8-9-10-11-12-13-14-15-16-17-18-19-20(21)22;3-1-2-4/h6-7,9-10,12-13,15-16H,2-5,8,11,14,17-19H2,1H3,(H,21,22);4H,1-3H2/b7-6-,10-9-,13-12-,16-15-;/i20+2;. The molecule has 150 valence electrons.